The predicted octanol–water partition coefficient (Wildman–Crippen LogP) is 5.47. The monoisotopic (exact) mass is 494 g/mol. The van der Waals surface area contributed by atoms with E-state index in [0.29, 0.717) is 0 Å². The Morgan fingerprint density at radius 2 is 1.00 bits per heavy atom. The van der Waals surface area contributed by atoms with Crippen LogP contribution in [0.5, 0.6) is 0 Å². The van der Waals surface area contributed by atoms with Crippen molar-refractivity contribution < 1.29 is 0 Å². The van der Waals surface area contributed by atoms with Crippen LogP contribution in [0.2, 0.25) is 0 Å². The van der Waals surface area contributed by atoms with Crippen LogP contribution in [-0.2, 0) is 0 Å². The normalized spacial score (nSPS) is 42.5. The van der Waals surface area contributed by atoms with Crippen molar-refractivity contribution >= 4 is 75.2 Å². The number of halogens is 4. The Balaban J connectivity index is 3.51. The molecule has 7 heteroatoms. The van der Waals surface area contributed by atoms with Gasteiger partial charge in [-0.3, -0.25) is 0 Å². The van der Waals surface area contributed by atoms with Gasteiger partial charge in [-0.25, -0.2) is 0 Å². The van der Waals surface area contributed by atoms with Gasteiger partial charge in [0, 0.05) is 0 Å². The van der Waals surface area contributed by atoms with Gasteiger partial charge in [0.05, 0.1) is 0 Å². The van der Waals surface area contributed by atoms with E-state index in [-0.39, 0.29) is 0 Å². The molecule has 1 heterocycles. The van der Waals surface area contributed by atoms with Crippen LogP contribution in [-0.4, -0.2) is 39.4 Å². The molecule has 0 spiro atoms. The first-order valence-electron chi connectivity index (χ1n) is 4.12. The zero-order valence-corrected chi connectivity index (χ0v) is 17.5. The summed E-state index contributed by atoms with van der Waals surface area (Å²) in [6, 6.07) is 0. The van der Waals surface area contributed by atoms with Gasteiger partial charge in [-0.05, 0) is 0 Å². The second kappa shape index (κ2) is 2.87. The van der Waals surface area contributed by atoms with E-state index in [1.54, 1.807) is 0 Å². The van der Waals surface area contributed by atoms with Crippen molar-refractivity contribution in [3.63, 3.8) is 0 Å². The molecule has 0 aromatic heterocycles. The number of rotatable bonds is 0. The second-order valence-corrected chi connectivity index (χ2v) is 87.7. The molecule has 0 N–H and O–H groups in total. The van der Waals surface area contributed by atoms with E-state index >= 15 is 0 Å². The van der Waals surface area contributed by atoms with E-state index in [1.165, 1.54) is 12.3 Å². The second-order valence-electron chi connectivity index (χ2n) is 5.02. The van der Waals surface area contributed by atoms with Crippen molar-refractivity contribution in [1.29, 1.82) is 0 Å². The van der Waals surface area contributed by atoms with Crippen LogP contribution in [0.3, 0.4) is 0 Å². The van der Waals surface area contributed by atoms with Gasteiger partial charge in [-0.2, -0.15) is 0 Å². The maximum atomic E-state index is 4.10. The zero-order chi connectivity index (χ0) is 10.8. The average molecular weight is 498 g/mol. The molecule has 0 aliphatic carbocycles. The Hall–Kier alpha value is 3.00. The van der Waals surface area contributed by atoms with Crippen molar-refractivity contribution in [3.8, 4) is 0 Å². The fourth-order valence-corrected chi connectivity index (χ4v) is 44.6. The number of hydrogen-bond acceptors (Lipinski definition) is 0. The minimum atomic E-state index is -2.91. The summed E-state index contributed by atoms with van der Waals surface area (Å²) in [5.74, 6) is 0. The van der Waals surface area contributed by atoms with Crippen LogP contribution >= 0.6 is 74.8 Å². The molecule has 0 aromatic rings. The van der Waals surface area contributed by atoms with Crippen LogP contribution in [0, 0.1) is 0 Å². The molecule has 1 fully saturated rings. The van der Waals surface area contributed by atoms with Gasteiger partial charge < -0.3 is 0 Å². The zero-order valence-electron chi connectivity index (χ0n) is 8.32. The summed E-state index contributed by atoms with van der Waals surface area (Å²) in [5.41, 5.74) is 0. The fourth-order valence-electron chi connectivity index (χ4n) is 1.67. The van der Waals surface area contributed by atoms with E-state index in [2.05, 4.69) is 87.8 Å². The minimum absolute atomic E-state index is 0.970. The molecule has 0 amide bonds. The van der Waals surface area contributed by atoms with Crippen LogP contribution in [0.4, 0.5) is 0 Å². The van der Waals surface area contributed by atoms with Gasteiger partial charge >= 0.3 is 114 Å². The third kappa shape index (κ3) is 1.58. The third-order valence-electron chi connectivity index (χ3n) is 3.59. The van der Waals surface area contributed by atoms with Crippen molar-refractivity contribution in [2.24, 2.45) is 0 Å². The average Bonchev–Trinajstić information content (AvgIpc) is 1.87. The Labute approximate surface area is 113 Å². The van der Waals surface area contributed by atoms with Gasteiger partial charge in [0.1, 0.15) is 0 Å². The molecule has 0 atom stereocenters. The molecule has 0 nitrogen and oxygen atoms in total. The molecule has 0 radical (unpaired) electrons. The molecule has 13 heavy (non-hydrogen) atoms. The Bertz CT molecular complexity index is 243. The molecule has 1 rings (SSSR count). The number of hydrogen-bond donors (Lipinski definition) is 0. The van der Waals surface area contributed by atoms with Gasteiger partial charge in [0.15, 0.2) is 0 Å². The molecule has 1 saturated heterocycles. The molecular weight excluding hydrogens is 482 g/mol. The standard InChI is InChI=1S/C6H16Br4P2Si/c1-11(2)5-6-12(3,4)13(11,7,8,9)10/h5-6H2,1-4H3. The van der Waals surface area contributed by atoms with E-state index in [0.717, 1.165) is 0 Å². The summed E-state index contributed by atoms with van der Waals surface area (Å²) in [6.45, 7) is 7.83. The third-order valence-corrected chi connectivity index (χ3v) is 106. The summed E-state index contributed by atoms with van der Waals surface area (Å²) in [7, 11) is 0. The Kier molecular flexibility index (Phi) is 3.10. The molecule has 0 aromatic carbocycles. The Morgan fingerprint density at radius 3 is 1.08 bits per heavy atom. The van der Waals surface area contributed by atoms with E-state index in [4.69, 9.17) is 0 Å². The quantitative estimate of drug-likeness (QED) is 0.236. The molecule has 0 unspecified atom stereocenters. The summed E-state index contributed by atoms with van der Waals surface area (Å²) in [6.07, 6.45) is 2.76. The predicted molar refractivity (Wildman–Crippen MR) is 88.7 cm³/mol. The molecule has 0 saturated carbocycles. The van der Waals surface area contributed by atoms with E-state index in [9.17, 15) is 0 Å². The molecule has 1 aliphatic rings. The van der Waals surface area contributed by atoms with Crippen LogP contribution in [0.15, 0.2) is 0 Å². The summed E-state index contributed by atoms with van der Waals surface area (Å²) >= 11 is 16.4. The maximum absolute atomic E-state index is 4.10. The van der Waals surface area contributed by atoms with Crippen LogP contribution in [0.1, 0.15) is 0 Å². The summed E-state index contributed by atoms with van der Waals surface area (Å²) in [5, 5.41) is 0. The summed E-state index contributed by atoms with van der Waals surface area (Å²) in [4.78, 5) is 0. The Morgan fingerprint density at radius 1 is 0.769 bits per heavy atom. The fraction of sp³-hybridized carbons (Fsp3) is 1.00. The molecule has 82 valence electrons. The molecule has 1 aliphatic heterocycles. The topological polar surface area (TPSA) is 0 Å². The van der Waals surface area contributed by atoms with Crippen molar-refractivity contribution in [2.45, 2.75) is 0 Å². The van der Waals surface area contributed by atoms with Gasteiger partial charge in [-0.1, -0.05) is 0 Å². The van der Waals surface area contributed by atoms with Crippen LogP contribution < -0.4 is 0 Å². The molecule has 0 bridgehead atoms. The first kappa shape index (κ1) is 14.1. The first-order chi connectivity index (χ1) is 5.25. The van der Waals surface area contributed by atoms with Crippen molar-refractivity contribution in [2.75, 3.05) is 39.0 Å². The SMILES string of the molecule is C[P+]1(C)CC[P+](C)(C)[Si-2]1(Br)(Br)(Br)Br. The van der Waals surface area contributed by atoms with Gasteiger partial charge in [0.25, 0.3) is 0 Å². The van der Waals surface area contributed by atoms with Gasteiger partial charge in [-0.15, -0.1) is 0 Å². The van der Waals surface area contributed by atoms with Crippen molar-refractivity contribution in [3.05, 3.63) is 0 Å². The molecular formula is C6H16Br4P2Si. The van der Waals surface area contributed by atoms with Gasteiger partial charge in [0.2, 0.25) is 0 Å². The summed E-state index contributed by atoms with van der Waals surface area (Å²) < 4.78 is -2.91. The van der Waals surface area contributed by atoms with E-state index in [1.807, 2.05) is 0 Å². The van der Waals surface area contributed by atoms with Crippen LogP contribution in [0.25, 0.3) is 0 Å². The van der Waals surface area contributed by atoms with E-state index < -0.39 is 14.1 Å². The van der Waals surface area contributed by atoms with Crippen molar-refractivity contribution in [1.82, 2.24) is 0 Å². The first-order valence-corrected chi connectivity index (χ1v) is 23.6.